The van der Waals surface area contributed by atoms with Gasteiger partial charge in [0.05, 0.1) is 17.4 Å². The molecule has 3 aliphatic rings. The summed E-state index contributed by atoms with van der Waals surface area (Å²) in [5.41, 5.74) is 3.39. The van der Waals surface area contributed by atoms with Gasteiger partial charge in [-0.3, -0.25) is 19.6 Å². The first-order valence-corrected chi connectivity index (χ1v) is 11.7. The molecular formula is C23H33N5O2. The van der Waals surface area contributed by atoms with E-state index in [-0.39, 0.29) is 17.5 Å². The summed E-state index contributed by atoms with van der Waals surface area (Å²) in [5, 5.41) is 3.31. The quantitative estimate of drug-likeness (QED) is 0.843. The van der Waals surface area contributed by atoms with Crippen LogP contribution in [0.5, 0.6) is 0 Å². The molecule has 2 fully saturated rings. The highest BCUT2D eigenvalue weighted by Crippen LogP contribution is 2.35. The van der Waals surface area contributed by atoms with Crippen LogP contribution in [-0.2, 0) is 17.8 Å². The Bertz CT molecular complexity index is 1000. The number of fused-ring (bicyclic) bond motifs is 2. The van der Waals surface area contributed by atoms with Gasteiger partial charge in [-0.1, -0.05) is 19.3 Å². The van der Waals surface area contributed by atoms with Crippen molar-refractivity contribution in [3.05, 3.63) is 33.4 Å². The third kappa shape index (κ3) is 3.37. The fourth-order valence-corrected chi connectivity index (χ4v) is 5.58. The number of hydrogen-bond donors (Lipinski definition) is 1. The summed E-state index contributed by atoms with van der Waals surface area (Å²) in [7, 11) is 0. The minimum absolute atomic E-state index is 0.0211. The Morgan fingerprint density at radius 3 is 2.70 bits per heavy atom. The van der Waals surface area contributed by atoms with Crippen LogP contribution >= 0.6 is 0 Å². The minimum atomic E-state index is 0.0211. The molecule has 0 spiro atoms. The second-order valence-electron chi connectivity index (χ2n) is 9.59. The van der Waals surface area contributed by atoms with Crippen LogP contribution in [0.3, 0.4) is 0 Å². The smallest absolute Gasteiger partial charge is 0.276 e. The molecule has 1 unspecified atom stereocenters. The largest absolute Gasteiger partial charge is 0.334 e. The normalized spacial score (nSPS) is 23.4. The van der Waals surface area contributed by atoms with E-state index in [0.29, 0.717) is 17.6 Å². The van der Waals surface area contributed by atoms with Gasteiger partial charge in [-0.2, -0.15) is 0 Å². The lowest BCUT2D eigenvalue weighted by atomic mass is 9.88. The topological polar surface area (TPSA) is 73.7 Å². The van der Waals surface area contributed by atoms with Gasteiger partial charge in [0.1, 0.15) is 0 Å². The van der Waals surface area contributed by atoms with E-state index >= 15 is 0 Å². The molecule has 2 aromatic rings. The molecule has 0 bridgehead atoms. The van der Waals surface area contributed by atoms with Gasteiger partial charge in [0.25, 0.3) is 5.56 Å². The van der Waals surface area contributed by atoms with Crippen molar-refractivity contribution in [1.82, 2.24) is 24.4 Å². The SMILES string of the molecule is CC(C)N1CCc2c(nc3cc(C4CCCN4C(=O)C4CCCCC4)[nH]n3c2=O)C1. The highest BCUT2D eigenvalue weighted by atomic mass is 16.2. The zero-order chi connectivity index (χ0) is 20.8. The first-order chi connectivity index (χ1) is 14.5. The summed E-state index contributed by atoms with van der Waals surface area (Å²) < 4.78 is 1.60. The van der Waals surface area contributed by atoms with E-state index < -0.39 is 0 Å². The summed E-state index contributed by atoms with van der Waals surface area (Å²) in [4.78, 5) is 35.6. The second kappa shape index (κ2) is 7.84. The van der Waals surface area contributed by atoms with Crippen molar-refractivity contribution in [2.45, 2.75) is 83.8 Å². The Morgan fingerprint density at radius 2 is 1.93 bits per heavy atom. The molecule has 1 saturated carbocycles. The minimum Gasteiger partial charge on any atom is -0.334 e. The number of nitrogens with zero attached hydrogens (tertiary/aromatic N) is 4. The third-order valence-electron chi connectivity index (χ3n) is 7.40. The second-order valence-corrected chi connectivity index (χ2v) is 9.59. The van der Waals surface area contributed by atoms with Crippen molar-refractivity contribution in [2.24, 2.45) is 5.92 Å². The third-order valence-corrected chi connectivity index (χ3v) is 7.40. The summed E-state index contributed by atoms with van der Waals surface area (Å²) in [5.74, 6) is 0.488. The number of nitrogens with one attached hydrogen (secondary N) is 1. The zero-order valence-electron chi connectivity index (χ0n) is 18.2. The fourth-order valence-electron chi connectivity index (χ4n) is 5.58. The van der Waals surface area contributed by atoms with Crippen molar-refractivity contribution in [2.75, 3.05) is 13.1 Å². The predicted molar refractivity (Wildman–Crippen MR) is 115 cm³/mol. The Hall–Kier alpha value is -2.15. The zero-order valence-corrected chi connectivity index (χ0v) is 18.2. The first-order valence-electron chi connectivity index (χ1n) is 11.7. The van der Waals surface area contributed by atoms with Crippen LogP contribution in [0.25, 0.3) is 5.65 Å². The molecule has 7 heteroatoms. The summed E-state index contributed by atoms with van der Waals surface area (Å²) in [6.07, 6.45) is 8.33. The lowest BCUT2D eigenvalue weighted by Gasteiger charge is -2.30. The Labute approximate surface area is 177 Å². The van der Waals surface area contributed by atoms with E-state index in [1.165, 1.54) is 19.3 Å². The van der Waals surface area contributed by atoms with Crippen LogP contribution in [0.2, 0.25) is 0 Å². The molecule has 2 aromatic heterocycles. The maximum Gasteiger partial charge on any atom is 0.276 e. The van der Waals surface area contributed by atoms with Crippen LogP contribution in [-0.4, -0.2) is 49.4 Å². The van der Waals surface area contributed by atoms with Gasteiger partial charge >= 0.3 is 0 Å². The van der Waals surface area contributed by atoms with Gasteiger partial charge in [-0.25, -0.2) is 9.50 Å². The lowest BCUT2D eigenvalue weighted by molar-refractivity contribution is -0.137. The number of amides is 1. The molecule has 162 valence electrons. The van der Waals surface area contributed by atoms with Gasteiger partial charge in [-0.05, 0) is 46.0 Å². The number of H-pyrrole nitrogens is 1. The summed E-state index contributed by atoms with van der Waals surface area (Å²) in [6, 6.07) is 2.47. The highest BCUT2D eigenvalue weighted by Gasteiger charge is 2.35. The highest BCUT2D eigenvalue weighted by molar-refractivity contribution is 5.79. The van der Waals surface area contributed by atoms with E-state index in [0.717, 1.165) is 68.7 Å². The van der Waals surface area contributed by atoms with E-state index in [1.807, 2.05) is 6.07 Å². The average molecular weight is 412 g/mol. The maximum absolute atomic E-state index is 13.2. The van der Waals surface area contributed by atoms with Crippen LogP contribution < -0.4 is 5.56 Å². The number of hydrogen-bond acceptors (Lipinski definition) is 4. The molecular weight excluding hydrogens is 378 g/mol. The molecule has 0 aromatic carbocycles. The Kier molecular flexibility index (Phi) is 5.17. The van der Waals surface area contributed by atoms with Gasteiger partial charge in [-0.15, -0.1) is 0 Å². The molecule has 1 amide bonds. The first kappa shape index (κ1) is 19.8. The van der Waals surface area contributed by atoms with Crippen LogP contribution in [0.1, 0.15) is 81.8 Å². The molecule has 0 radical (unpaired) electrons. The number of likely N-dealkylation sites (tertiary alicyclic amines) is 1. The molecule has 5 rings (SSSR count). The number of aromatic nitrogens is 3. The summed E-state index contributed by atoms with van der Waals surface area (Å²) in [6.45, 7) is 6.81. The average Bonchev–Trinajstić information content (AvgIpc) is 3.40. The molecule has 7 nitrogen and oxygen atoms in total. The van der Waals surface area contributed by atoms with Crippen LogP contribution in [0, 0.1) is 5.92 Å². The van der Waals surface area contributed by atoms with E-state index in [1.54, 1.807) is 4.52 Å². The van der Waals surface area contributed by atoms with Gasteiger partial charge in [0, 0.05) is 43.2 Å². The standard InChI is InChI=1S/C23H33N5O2/c1-15(2)26-12-10-17-19(14-26)24-21-13-18(25-28(21)23(17)30)20-9-6-11-27(20)22(29)16-7-4-3-5-8-16/h13,15-16,20,25H,3-12,14H2,1-2H3. The predicted octanol–water partition coefficient (Wildman–Crippen LogP) is 3.03. The molecule has 1 saturated heterocycles. The van der Waals surface area contributed by atoms with Crippen molar-refractivity contribution >= 4 is 11.6 Å². The van der Waals surface area contributed by atoms with E-state index in [2.05, 4.69) is 28.7 Å². The molecule has 4 heterocycles. The van der Waals surface area contributed by atoms with E-state index in [4.69, 9.17) is 4.98 Å². The number of rotatable bonds is 3. The van der Waals surface area contributed by atoms with Crippen molar-refractivity contribution < 1.29 is 4.79 Å². The molecule has 1 aliphatic carbocycles. The van der Waals surface area contributed by atoms with Crippen molar-refractivity contribution in [3.63, 3.8) is 0 Å². The lowest BCUT2D eigenvalue weighted by Crippen LogP contribution is -2.39. The van der Waals surface area contributed by atoms with Crippen molar-refractivity contribution in [3.8, 4) is 0 Å². The Balaban J connectivity index is 1.45. The van der Waals surface area contributed by atoms with Crippen molar-refractivity contribution in [1.29, 1.82) is 0 Å². The monoisotopic (exact) mass is 411 g/mol. The number of aromatic amines is 1. The molecule has 1 N–H and O–H groups in total. The number of carbonyl (C=O) groups is 1. The Morgan fingerprint density at radius 1 is 1.13 bits per heavy atom. The van der Waals surface area contributed by atoms with Crippen LogP contribution in [0.4, 0.5) is 0 Å². The maximum atomic E-state index is 13.2. The van der Waals surface area contributed by atoms with Gasteiger partial charge < -0.3 is 4.90 Å². The number of carbonyl (C=O) groups excluding carboxylic acids is 1. The van der Waals surface area contributed by atoms with E-state index in [9.17, 15) is 9.59 Å². The van der Waals surface area contributed by atoms with Crippen LogP contribution in [0.15, 0.2) is 10.9 Å². The van der Waals surface area contributed by atoms with Gasteiger partial charge in [0.2, 0.25) is 5.91 Å². The molecule has 30 heavy (non-hydrogen) atoms. The fraction of sp³-hybridized carbons (Fsp3) is 0.696. The molecule has 1 atom stereocenters. The summed E-state index contributed by atoms with van der Waals surface area (Å²) >= 11 is 0. The van der Waals surface area contributed by atoms with Gasteiger partial charge in [0.15, 0.2) is 5.65 Å². The molecule has 2 aliphatic heterocycles.